The molecule has 0 aliphatic heterocycles. The minimum atomic E-state index is 0.0542. The summed E-state index contributed by atoms with van der Waals surface area (Å²) in [4.78, 5) is 5.44. The summed E-state index contributed by atoms with van der Waals surface area (Å²) in [6.45, 7) is 4.03. The molecule has 1 N–H and O–H groups in total. The highest BCUT2D eigenvalue weighted by molar-refractivity contribution is 7.07. The summed E-state index contributed by atoms with van der Waals surface area (Å²) in [6.07, 6.45) is 1.67. The van der Waals surface area contributed by atoms with Crippen molar-refractivity contribution in [3.8, 4) is 34.3 Å². The number of aromatic hydroxyl groups is 1. The number of benzene rings is 2. The van der Waals surface area contributed by atoms with Crippen molar-refractivity contribution in [2.45, 2.75) is 19.9 Å². The second kappa shape index (κ2) is 9.49. The Kier molecular flexibility index (Phi) is 6.79. The summed E-state index contributed by atoms with van der Waals surface area (Å²) in [6, 6.07) is 10.8. The largest absolute Gasteiger partial charge is 0.504 e. The molecule has 0 saturated heterocycles. The van der Waals surface area contributed by atoms with E-state index in [1.165, 1.54) is 18.4 Å². The third kappa shape index (κ3) is 4.65. The molecule has 0 fully saturated rings. The van der Waals surface area contributed by atoms with Gasteiger partial charge in [-0.1, -0.05) is 0 Å². The van der Waals surface area contributed by atoms with E-state index in [4.69, 9.17) is 14.2 Å². The Labute approximate surface area is 179 Å². The van der Waals surface area contributed by atoms with Crippen LogP contribution in [0.15, 0.2) is 51.9 Å². The molecule has 0 aliphatic carbocycles. The zero-order valence-electron chi connectivity index (χ0n) is 17.6. The summed E-state index contributed by atoms with van der Waals surface area (Å²) in [5, 5.41) is 16.7. The van der Waals surface area contributed by atoms with E-state index in [0.29, 0.717) is 11.5 Å². The van der Waals surface area contributed by atoms with Crippen LogP contribution >= 0.6 is 11.3 Å². The number of rotatable bonds is 7. The maximum atomic E-state index is 10.0. The smallest absolute Gasteiger partial charge is 0.206 e. The molecule has 0 saturated carbocycles. The van der Waals surface area contributed by atoms with E-state index in [1.54, 1.807) is 37.2 Å². The van der Waals surface area contributed by atoms with E-state index in [0.717, 1.165) is 27.4 Å². The Morgan fingerprint density at radius 3 is 2.37 bits per heavy atom. The molecule has 7 nitrogen and oxygen atoms in total. The molecule has 0 atom stereocenters. The van der Waals surface area contributed by atoms with Gasteiger partial charge in [-0.05, 0) is 55.8 Å². The van der Waals surface area contributed by atoms with Crippen molar-refractivity contribution in [2.75, 3.05) is 21.3 Å². The molecule has 3 aromatic rings. The summed E-state index contributed by atoms with van der Waals surface area (Å²) < 4.78 is 17.8. The zero-order valence-corrected chi connectivity index (χ0v) is 18.4. The number of methoxy groups -OCH3 is 3. The summed E-state index contributed by atoms with van der Waals surface area (Å²) in [7, 11) is 4.77. The van der Waals surface area contributed by atoms with Crippen LogP contribution in [0, 0.1) is 0 Å². The van der Waals surface area contributed by atoms with Gasteiger partial charge in [0.05, 0.1) is 33.2 Å². The van der Waals surface area contributed by atoms with E-state index in [-0.39, 0.29) is 11.8 Å². The Morgan fingerprint density at radius 1 is 1.00 bits per heavy atom. The molecule has 30 heavy (non-hydrogen) atoms. The van der Waals surface area contributed by atoms with Crippen molar-refractivity contribution in [1.82, 2.24) is 4.68 Å². The molecule has 3 rings (SSSR count). The highest BCUT2D eigenvalue weighted by Gasteiger charge is 2.14. The Hall–Kier alpha value is -3.26. The predicted octanol–water partition coefficient (Wildman–Crippen LogP) is 4.14. The summed E-state index contributed by atoms with van der Waals surface area (Å²) in [5.41, 5.74) is 2.39. The number of phenolic OH excluding ortho intramolecular Hbond substituents is 1. The fourth-order valence-electron chi connectivity index (χ4n) is 2.83. The molecule has 8 heteroatoms. The van der Waals surface area contributed by atoms with Gasteiger partial charge in [0.25, 0.3) is 0 Å². The maximum Gasteiger partial charge on any atom is 0.206 e. The van der Waals surface area contributed by atoms with Crippen LogP contribution in [0.3, 0.4) is 0 Å². The van der Waals surface area contributed by atoms with Gasteiger partial charge in [-0.25, -0.2) is 4.68 Å². The average Bonchev–Trinajstić information content (AvgIpc) is 3.13. The first-order valence-corrected chi connectivity index (χ1v) is 10.2. The van der Waals surface area contributed by atoms with Crippen molar-refractivity contribution >= 4 is 17.6 Å². The SMILES string of the molecule is COc1ccc(OC)c(-c2csc(=NC(C)C)n2N=Cc2ccc(OC)c(O)c2)c1. The van der Waals surface area contributed by atoms with Crippen LogP contribution in [0.1, 0.15) is 19.4 Å². The van der Waals surface area contributed by atoms with Gasteiger partial charge in [0.2, 0.25) is 4.80 Å². The number of hydrogen-bond acceptors (Lipinski definition) is 7. The topological polar surface area (TPSA) is 77.6 Å². The molecular weight excluding hydrogens is 402 g/mol. The van der Waals surface area contributed by atoms with Crippen LogP contribution in [0.5, 0.6) is 23.0 Å². The van der Waals surface area contributed by atoms with Crippen molar-refractivity contribution in [1.29, 1.82) is 0 Å². The Balaban J connectivity index is 2.14. The van der Waals surface area contributed by atoms with E-state index >= 15 is 0 Å². The molecule has 1 heterocycles. The van der Waals surface area contributed by atoms with E-state index < -0.39 is 0 Å². The van der Waals surface area contributed by atoms with E-state index in [2.05, 4.69) is 10.1 Å². The molecule has 0 aliphatic rings. The first kappa shape index (κ1) is 21.4. The standard InChI is InChI=1S/C22H25N3O4S/c1-14(2)24-22-25(23-12-15-6-8-21(29-5)19(26)10-15)18(13-30-22)17-11-16(27-3)7-9-20(17)28-4/h6-14,26H,1-5H3. The fourth-order valence-corrected chi connectivity index (χ4v) is 3.79. The van der Waals surface area contributed by atoms with Gasteiger partial charge in [0.1, 0.15) is 11.5 Å². The fraction of sp³-hybridized carbons (Fsp3) is 0.273. The first-order valence-electron chi connectivity index (χ1n) is 9.35. The monoisotopic (exact) mass is 427 g/mol. The van der Waals surface area contributed by atoms with Crippen molar-refractivity contribution in [2.24, 2.45) is 10.1 Å². The Bertz CT molecular complexity index is 1120. The number of thiazole rings is 1. The molecule has 0 radical (unpaired) electrons. The second-order valence-electron chi connectivity index (χ2n) is 6.68. The lowest BCUT2D eigenvalue weighted by molar-refractivity contribution is 0.373. The van der Waals surface area contributed by atoms with Crippen LogP contribution < -0.4 is 19.0 Å². The quantitative estimate of drug-likeness (QED) is 0.575. The van der Waals surface area contributed by atoms with Crippen LogP contribution in [0.2, 0.25) is 0 Å². The minimum Gasteiger partial charge on any atom is -0.504 e. The highest BCUT2D eigenvalue weighted by Crippen LogP contribution is 2.34. The normalized spacial score (nSPS) is 12.0. The van der Waals surface area contributed by atoms with Gasteiger partial charge in [-0.2, -0.15) is 5.10 Å². The number of hydrogen-bond donors (Lipinski definition) is 1. The molecule has 158 valence electrons. The Morgan fingerprint density at radius 2 is 1.73 bits per heavy atom. The van der Waals surface area contributed by atoms with Gasteiger partial charge in [-0.15, -0.1) is 11.3 Å². The average molecular weight is 428 g/mol. The van der Waals surface area contributed by atoms with E-state index in [1.807, 2.05) is 43.5 Å². The van der Waals surface area contributed by atoms with Crippen molar-refractivity contribution < 1.29 is 19.3 Å². The maximum absolute atomic E-state index is 10.0. The molecule has 2 aromatic carbocycles. The summed E-state index contributed by atoms with van der Waals surface area (Å²) >= 11 is 1.49. The lowest BCUT2D eigenvalue weighted by Crippen LogP contribution is -2.14. The molecule has 0 spiro atoms. The van der Waals surface area contributed by atoms with Gasteiger partial charge in [0, 0.05) is 17.0 Å². The molecule has 0 bridgehead atoms. The van der Waals surface area contributed by atoms with Gasteiger partial charge < -0.3 is 19.3 Å². The van der Waals surface area contributed by atoms with Crippen LogP contribution in [0.25, 0.3) is 11.3 Å². The third-order valence-electron chi connectivity index (χ3n) is 4.26. The van der Waals surface area contributed by atoms with Gasteiger partial charge in [0.15, 0.2) is 11.5 Å². The number of ether oxygens (including phenoxy) is 3. The van der Waals surface area contributed by atoms with Crippen molar-refractivity contribution in [3.63, 3.8) is 0 Å². The molecule has 1 aromatic heterocycles. The number of aromatic nitrogens is 1. The van der Waals surface area contributed by atoms with Crippen molar-refractivity contribution in [3.05, 3.63) is 52.1 Å². The lowest BCUT2D eigenvalue weighted by Gasteiger charge is -2.11. The zero-order chi connectivity index (χ0) is 21.7. The third-order valence-corrected chi connectivity index (χ3v) is 5.09. The lowest BCUT2D eigenvalue weighted by atomic mass is 10.1. The number of phenols is 1. The van der Waals surface area contributed by atoms with E-state index in [9.17, 15) is 5.11 Å². The molecular formula is C22H25N3O4S. The van der Waals surface area contributed by atoms with Gasteiger partial charge in [-0.3, -0.25) is 4.99 Å². The first-order chi connectivity index (χ1) is 14.5. The molecule has 0 amide bonds. The number of nitrogens with zero attached hydrogens (tertiary/aromatic N) is 3. The van der Waals surface area contributed by atoms with Gasteiger partial charge >= 0.3 is 0 Å². The predicted molar refractivity (Wildman–Crippen MR) is 119 cm³/mol. The van der Waals surface area contributed by atoms with Crippen LogP contribution in [-0.2, 0) is 0 Å². The highest BCUT2D eigenvalue weighted by atomic mass is 32.1. The second-order valence-corrected chi connectivity index (χ2v) is 7.52. The summed E-state index contributed by atoms with van der Waals surface area (Å²) in [5.74, 6) is 1.89. The van der Waals surface area contributed by atoms with Crippen LogP contribution in [0.4, 0.5) is 0 Å². The van der Waals surface area contributed by atoms with Crippen LogP contribution in [-0.4, -0.2) is 43.4 Å². The molecule has 0 unspecified atom stereocenters. The minimum absolute atomic E-state index is 0.0542.